The van der Waals surface area contributed by atoms with Gasteiger partial charge in [-0.15, -0.1) is 5.10 Å². The van der Waals surface area contributed by atoms with Crippen LogP contribution in [0.15, 0.2) is 18.3 Å². The van der Waals surface area contributed by atoms with Crippen molar-refractivity contribution in [3.05, 3.63) is 24.1 Å². The number of anilines is 1. The van der Waals surface area contributed by atoms with Crippen molar-refractivity contribution in [2.75, 3.05) is 32.7 Å². The van der Waals surface area contributed by atoms with Crippen molar-refractivity contribution in [1.82, 2.24) is 14.6 Å². The second kappa shape index (κ2) is 5.74. The van der Waals surface area contributed by atoms with E-state index in [1.807, 2.05) is 0 Å². The van der Waals surface area contributed by atoms with Gasteiger partial charge in [-0.05, 0) is 12.1 Å². The van der Waals surface area contributed by atoms with E-state index in [9.17, 15) is 4.39 Å². The van der Waals surface area contributed by atoms with Crippen LogP contribution in [0.2, 0.25) is 0 Å². The van der Waals surface area contributed by atoms with Gasteiger partial charge in [0.05, 0.1) is 18.9 Å². The summed E-state index contributed by atoms with van der Waals surface area (Å²) in [5, 5.41) is 7.12. The molecule has 0 saturated heterocycles. The number of pyridine rings is 1. The van der Waals surface area contributed by atoms with Crippen LogP contribution in [0.1, 0.15) is 0 Å². The Balaban J connectivity index is 2.03. The number of nitrogens with one attached hydrogen (secondary N) is 1. The molecule has 0 amide bonds. The highest BCUT2D eigenvalue weighted by Crippen LogP contribution is 2.07. The number of hydrogen-bond donors (Lipinski definition) is 1. The predicted molar refractivity (Wildman–Crippen MR) is 64.1 cm³/mol. The maximum Gasteiger partial charge on any atom is 0.243 e. The minimum Gasteiger partial charge on any atom is -0.382 e. The van der Waals surface area contributed by atoms with Crippen LogP contribution in [0.5, 0.6) is 0 Å². The molecular formula is C11H15FN4O2. The first-order valence-electron chi connectivity index (χ1n) is 5.50. The van der Waals surface area contributed by atoms with Gasteiger partial charge < -0.3 is 14.8 Å². The average Bonchev–Trinajstić information content (AvgIpc) is 2.76. The zero-order chi connectivity index (χ0) is 13.0. The van der Waals surface area contributed by atoms with E-state index in [1.54, 1.807) is 20.3 Å². The van der Waals surface area contributed by atoms with E-state index in [2.05, 4.69) is 15.4 Å². The summed E-state index contributed by atoms with van der Waals surface area (Å²) in [6.45, 7) is 0.995. The summed E-state index contributed by atoms with van der Waals surface area (Å²) < 4.78 is 24.5. The van der Waals surface area contributed by atoms with E-state index in [0.29, 0.717) is 24.7 Å². The number of fused-ring (bicyclic) bond motifs is 1. The van der Waals surface area contributed by atoms with E-state index in [0.717, 1.165) is 0 Å². The van der Waals surface area contributed by atoms with Crippen molar-refractivity contribution in [3.8, 4) is 0 Å². The number of methoxy groups -OCH3 is 2. The molecule has 1 N–H and O–H groups in total. The smallest absolute Gasteiger partial charge is 0.243 e. The molecule has 2 rings (SSSR count). The van der Waals surface area contributed by atoms with Crippen molar-refractivity contribution in [2.24, 2.45) is 0 Å². The molecule has 0 fully saturated rings. The van der Waals surface area contributed by atoms with Crippen molar-refractivity contribution >= 4 is 11.6 Å². The minimum absolute atomic E-state index is 0.0849. The predicted octanol–water partition coefficient (Wildman–Crippen LogP) is 0.942. The van der Waals surface area contributed by atoms with Crippen LogP contribution < -0.4 is 5.32 Å². The third kappa shape index (κ3) is 2.93. The van der Waals surface area contributed by atoms with E-state index >= 15 is 0 Å². The summed E-state index contributed by atoms with van der Waals surface area (Å²) in [5.74, 6) is 0.0758. The normalized spacial score (nSPS) is 12.8. The molecule has 7 heteroatoms. The lowest BCUT2D eigenvalue weighted by Gasteiger charge is -2.13. The van der Waals surface area contributed by atoms with E-state index in [-0.39, 0.29) is 11.9 Å². The Morgan fingerprint density at radius 2 is 2.28 bits per heavy atom. The number of aromatic nitrogens is 3. The Labute approximate surface area is 104 Å². The van der Waals surface area contributed by atoms with Crippen LogP contribution >= 0.6 is 0 Å². The highest BCUT2D eigenvalue weighted by Gasteiger charge is 2.09. The topological polar surface area (TPSA) is 60.7 Å². The van der Waals surface area contributed by atoms with Gasteiger partial charge in [-0.25, -0.2) is 8.91 Å². The molecule has 0 aliphatic rings. The number of halogens is 1. The number of rotatable bonds is 6. The van der Waals surface area contributed by atoms with Gasteiger partial charge in [0.2, 0.25) is 5.95 Å². The molecule has 0 spiro atoms. The van der Waals surface area contributed by atoms with Gasteiger partial charge in [0.25, 0.3) is 0 Å². The van der Waals surface area contributed by atoms with Crippen molar-refractivity contribution in [1.29, 1.82) is 0 Å². The van der Waals surface area contributed by atoms with Gasteiger partial charge in [-0.3, -0.25) is 0 Å². The van der Waals surface area contributed by atoms with Crippen LogP contribution in [0.4, 0.5) is 10.3 Å². The number of nitrogens with zero attached hydrogens (tertiary/aromatic N) is 3. The molecule has 1 unspecified atom stereocenters. The van der Waals surface area contributed by atoms with Crippen molar-refractivity contribution < 1.29 is 13.9 Å². The average molecular weight is 254 g/mol. The van der Waals surface area contributed by atoms with E-state index in [1.165, 1.54) is 16.8 Å². The summed E-state index contributed by atoms with van der Waals surface area (Å²) in [7, 11) is 3.22. The monoisotopic (exact) mass is 254 g/mol. The maximum atomic E-state index is 13.0. The summed E-state index contributed by atoms with van der Waals surface area (Å²) in [6, 6.07) is 2.91. The molecule has 98 valence electrons. The first-order valence-corrected chi connectivity index (χ1v) is 5.50. The fraction of sp³-hybridized carbons (Fsp3) is 0.455. The fourth-order valence-corrected chi connectivity index (χ4v) is 1.53. The van der Waals surface area contributed by atoms with Crippen LogP contribution in [-0.4, -0.2) is 48.1 Å². The van der Waals surface area contributed by atoms with Gasteiger partial charge in [-0.1, -0.05) is 0 Å². The van der Waals surface area contributed by atoms with Gasteiger partial charge in [0, 0.05) is 20.8 Å². The molecule has 6 nitrogen and oxygen atoms in total. The lowest BCUT2D eigenvalue weighted by atomic mass is 10.4. The van der Waals surface area contributed by atoms with Crippen LogP contribution in [0.3, 0.4) is 0 Å². The fourth-order valence-electron chi connectivity index (χ4n) is 1.53. The van der Waals surface area contributed by atoms with Crippen LogP contribution in [-0.2, 0) is 9.47 Å². The summed E-state index contributed by atoms with van der Waals surface area (Å²) in [4.78, 5) is 4.20. The second-order valence-corrected chi connectivity index (χ2v) is 3.78. The van der Waals surface area contributed by atoms with E-state index in [4.69, 9.17) is 9.47 Å². The molecule has 2 aromatic heterocycles. The molecule has 1 atom stereocenters. The molecule has 0 aliphatic heterocycles. The molecule has 2 heterocycles. The minimum atomic E-state index is -0.354. The Morgan fingerprint density at radius 1 is 1.44 bits per heavy atom. The Bertz CT molecular complexity index is 517. The van der Waals surface area contributed by atoms with E-state index < -0.39 is 0 Å². The molecule has 0 aliphatic carbocycles. The molecule has 0 aromatic carbocycles. The lowest BCUT2D eigenvalue weighted by Crippen LogP contribution is -2.26. The maximum absolute atomic E-state index is 13.0. The SMILES string of the molecule is COCC(CNc1nc2ccc(F)cn2n1)OC. The number of hydrogen-bond acceptors (Lipinski definition) is 5. The quantitative estimate of drug-likeness (QED) is 0.831. The lowest BCUT2D eigenvalue weighted by molar-refractivity contribution is 0.0365. The summed E-state index contributed by atoms with van der Waals surface area (Å²) in [5.41, 5.74) is 0.583. The first kappa shape index (κ1) is 12.7. The largest absolute Gasteiger partial charge is 0.382 e. The molecule has 2 aromatic rings. The zero-order valence-electron chi connectivity index (χ0n) is 10.3. The molecule has 0 bridgehead atoms. The van der Waals surface area contributed by atoms with Crippen molar-refractivity contribution in [2.45, 2.75) is 6.10 Å². The molecule has 0 saturated carbocycles. The zero-order valence-corrected chi connectivity index (χ0v) is 10.3. The van der Waals surface area contributed by atoms with Crippen LogP contribution in [0.25, 0.3) is 5.65 Å². The highest BCUT2D eigenvalue weighted by molar-refractivity contribution is 5.43. The summed E-state index contributed by atoms with van der Waals surface area (Å²) in [6.07, 6.45) is 1.19. The Hall–Kier alpha value is -1.73. The second-order valence-electron chi connectivity index (χ2n) is 3.78. The third-order valence-electron chi connectivity index (χ3n) is 2.47. The summed E-state index contributed by atoms with van der Waals surface area (Å²) >= 11 is 0. The first-order chi connectivity index (χ1) is 8.72. The van der Waals surface area contributed by atoms with Crippen LogP contribution in [0, 0.1) is 5.82 Å². The van der Waals surface area contributed by atoms with Gasteiger partial charge in [0.1, 0.15) is 5.82 Å². The van der Waals surface area contributed by atoms with Gasteiger partial charge in [-0.2, -0.15) is 4.98 Å². The number of ether oxygens (including phenoxy) is 2. The van der Waals surface area contributed by atoms with Crippen molar-refractivity contribution in [3.63, 3.8) is 0 Å². The molecular weight excluding hydrogens is 239 g/mol. The standard InChI is InChI=1S/C11H15FN4O2/c1-17-7-9(18-2)5-13-11-14-10-4-3-8(12)6-16(10)15-11/h3-4,6,9H,5,7H2,1-2H3,(H,13,15). The Morgan fingerprint density at radius 3 is 3.00 bits per heavy atom. The molecule has 0 radical (unpaired) electrons. The van der Waals surface area contributed by atoms with Gasteiger partial charge in [0.15, 0.2) is 5.65 Å². The highest BCUT2D eigenvalue weighted by atomic mass is 19.1. The molecule has 18 heavy (non-hydrogen) atoms. The Kier molecular flexibility index (Phi) is 4.06. The van der Waals surface area contributed by atoms with Gasteiger partial charge >= 0.3 is 0 Å². The third-order valence-corrected chi connectivity index (χ3v) is 2.47.